The summed E-state index contributed by atoms with van der Waals surface area (Å²) in [7, 11) is 0. The first kappa shape index (κ1) is 7.85. The van der Waals surface area contributed by atoms with Crippen LogP contribution < -0.4 is 5.32 Å². The van der Waals surface area contributed by atoms with Crippen LogP contribution in [0.4, 0.5) is 5.69 Å². The van der Waals surface area contributed by atoms with E-state index in [0.717, 1.165) is 18.5 Å². The Morgan fingerprint density at radius 1 is 1.50 bits per heavy atom. The van der Waals surface area contributed by atoms with Gasteiger partial charge in [-0.25, -0.2) is 4.79 Å². The van der Waals surface area contributed by atoms with Crippen molar-refractivity contribution in [3.05, 3.63) is 29.8 Å². The molecule has 14 heavy (non-hydrogen) atoms. The Kier molecular flexibility index (Phi) is 1.29. The molecule has 0 aromatic heterocycles. The number of anilines is 1. The summed E-state index contributed by atoms with van der Waals surface area (Å²) in [4.78, 5) is 11.2. The zero-order valence-electron chi connectivity index (χ0n) is 7.66. The van der Waals surface area contributed by atoms with Crippen LogP contribution in [0.5, 0.6) is 0 Å². The smallest absolute Gasteiger partial charge is 0.329 e. The number of carbonyl (C=O) groups is 1. The maximum atomic E-state index is 11.2. The van der Waals surface area contributed by atoms with E-state index in [-0.39, 0.29) is 5.92 Å². The summed E-state index contributed by atoms with van der Waals surface area (Å²) in [6.07, 6.45) is 1.72. The van der Waals surface area contributed by atoms with Crippen LogP contribution >= 0.6 is 0 Å². The van der Waals surface area contributed by atoms with Gasteiger partial charge in [-0.05, 0) is 24.5 Å². The normalized spacial score (nSPS) is 32.4. The number of carboxylic acid groups (broad SMARTS) is 1. The van der Waals surface area contributed by atoms with Gasteiger partial charge in [0.15, 0.2) is 0 Å². The number of rotatable bonds is 1. The zero-order valence-corrected chi connectivity index (χ0v) is 7.66. The topological polar surface area (TPSA) is 49.3 Å². The second kappa shape index (κ2) is 2.29. The lowest BCUT2D eigenvalue weighted by Gasteiger charge is -2.41. The highest BCUT2D eigenvalue weighted by Crippen LogP contribution is 2.55. The van der Waals surface area contributed by atoms with Gasteiger partial charge in [-0.15, -0.1) is 0 Å². The van der Waals surface area contributed by atoms with Gasteiger partial charge in [0.1, 0.15) is 5.54 Å². The van der Waals surface area contributed by atoms with Gasteiger partial charge in [0.25, 0.3) is 0 Å². The Morgan fingerprint density at radius 2 is 2.29 bits per heavy atom. The predicted octanol–water partition coefficient (Wildman–Crippen LogP) is 1.81. The molecular formula is C11H11NO2. The molecule has 0 bridgehead atoms. The SMILES string of the molecule is O=C(O)C12CCC1c1ccccc1N2. The van der Waals surface area contributed by atoms with Crippen molar-refractivity contribution in [2.45, 2.75) is 24.3 Å². The van der Waals surface area contributed by atoms with Crippen LogP contribution in [0.1, 0.15) is 24.3 Å². The van der Waals surface area contributed by atoms with Crippen molar-refractivity contribution >= 4 is 11.7 Å². The number of nitrogens with one attached hydrogen (secondary N) is 1. The summed E-state index contributed by atoms with van der Waals surface area (Å²) in [5, 5.41) is 12.4. The van der Waals surface area contributed by atoms with Crippen LogP contribution in [0.3, 0.4) is 0 Å². The summed E-state index contributed by atoms with van der Waals surface area (Å²) in [5.74, 6) is -0.541. The van der Waals surface area contributed by atoms with Crippen molar-refractivity contribution in [2.75, 3.05) is 5.32 Å². The molecule has 2 aliphatic rings. The van der Waals surface area contributed by atoms with Gasteiger partial charge in [0.2, 0.25) is 0 Å². The molecule has 1 aliphatic heterocycles. The van der Waals surface area contributed by atoms with E-state index in [1.807, 2.05) is 24.3 Å². The minimum absolute atomic E-state index is 0.177. The quantitative estimate of drug-likeness (QED) is 0.708. The molecule has 0 amide bonds. The van der Waals surface area contributed by atoms with E-state index >= 15 is 0 Å². The lowest BCUT2D eigenvalue weighted by Crippen LogP contribution is -2.54. The number of hydrogen-bond donors (Lipinski definition) is 2. The van der Waals surface area contributed by atoms with Gasteiger partial charge in [-0.3, -0.25) is 0 Å². The summed E-state index contributed by atoms with van der Waals surface area (Å²) in [6.45, 7) is 0. The maximum absolute atomic E-state index is 11.2. The van der Waals surface area contributed by atoms with Crippen LogP contribution in [0.15, 0.2) is 24.3 Å². The summed E-state index contributed by atoms with van der Waals surface area (Å²) in [5.41, 5.74) is 1.47. The molecule has 2 atom stereocenters. The average Bonchev–Trinajstić information content (AvgIpc) is 2.35. The summed E-state index contributed by atoms with van der Waals surface area (Å²) in [6, 6.07) is 7.89. The van der Waals surface area contributed by atoms with E-state index in [4.69, 9.17) is 0 Å². The second-order valence-electron chi connectivity index (χ2n) is 4.08. The number of benzene rings is 1. The molecule has 1 fully saturated rings. The second-order valence-corrected chi connectivity index (χ2v) is 4.08. The number of hydrogen-bond acceptors (Lipinski definition) is 2. The molecule has 3 rings (SSSR count). The van der Waals surface area contributed by atoms with Crippen molar-refractivity contribution in [1.82, 2.24) is 0 Å². The molecule has 1 saturated carbocycles. The highest BCUT2D eigenvalue weighted by Gasteiger charge is 2.58. The molecule has 3 heteroatoms. The molecule has 72 valence electrons. The van der Waals surface area contributed by atoms with Gasteiger partial charge >= 0.3 is 5.97 Å². The molecule has 0 saturated heterocycles. The number of fused-ring (bicyclic) bond motifs is 3. The highest BCUT2D eigenvalue weighted by atomic mass is 16.4. The number of para-hydroxylation sites is 1. The largest absolute Gasteiger partial charge is 0.479 e. The van der Waals surface area contributed by atoms with E-state index < -0.39 is 11.5 Å². The monoisotopic (exact) mass is 189 g/mol. The molecule has 1 heterocycles. The molecule has 1 aromatic rings. The fourth-order valence-corrected chi connectivity index (χ4v) is 2.61. The lowest BCUT2D eigenvalue weighted by molar-refractivity contribution is -0.146. The van der Waals surface area contributed by atoms with Crippen molar-refractivity contribution in [2.24, 2.45) is 0 Å². The van der Waals surface area contributed by atoms with E-state index in [9.17, 15) is 9.90 Å². The minimum Gasteiger partial charge on any atom is -0.479 e. The van der Waals surface area contributed by atoms with Crippen LogP contribution in [-0.4, -0.2) is 16.6 Å². The third kappa shape index (κ3) is 0.710. The van der Waals surface area contributed by atoms with Crippen LogP contribution in [0.2, 0.25) is 0 Å². The molecule has 1 aliphatic carbocycles. The lowest BCUT2D eigenvalue weighted by atomic mass is 9.66. The number of aliphatic carboxylic acids is 1. The van der Waals surface area contributed by atoms with Crippen molar-refractivity contribution < 1.29 is 9.90 Å². The van der Waals surface area contributed by atoms with Crippen molar-refractivity contribution in [3.63, 3.8) is 0 Å². The Bertz CT molecular complexity index is 416. The highest BCUT2D eigenvalue weighted by molar-refractivity contribution is 5.89. The molecule has 0 spiro atoms. The molecular weight excluding hydrogens is 178 g/mol. The summed E-state index contributed by atoms with van der Waals surface area (Å²) < 4.78 is 0. The van der Waals surface area contributed by atoms with Gasteiger partial charge in [-0.1, -0.05) is 18.2 Å². The van der Waals surface area contributed by atoms with Crippen LogP contribution in [0, 0.1) is 0 Å². The third-order valence-electron chi connectivity index (χ3n) is 3.50. The first-order chi connectivity index (χ1) is 6.74. The van der Waals surface area contributed by atoms with Crippen LogP contribution in [-0.2, 0) is 4.79 Å². The zero-order chi connectivity index (χ0) is 9.76. The predicted molar refractivity (Wildman–Crippen MR) is 52.4 cm³/mol. The van der Waals surface area contributed by atoms with Crippen molar-refractivity contribution in [1.29, 1.82) is 0 Å². The Labute approximate surface area is 81.8 Å². The molecule has 2 unspecified atom stereocenters. The van der Waals surface area contributed by atoms with Gasteiger partial charge in [-0.2, -0.15) is 0 Å². The number of carboxylic acids is 1. The van der Waals surface area contributed by atoms with Crippen molar-refractivity contribution in [3.8, 4) is 0 Å². The molecule has 3 nitrogen and oxygen atoms in total. The Hall–Kier alpha value is -1.51. The van der Waals surface area contributed by atoms with E-state index in [1.54, 1.807) is 0 Å². The molecule has 1 aromatic carbocycles. The fraction of sp³-hybridized carbons (Fsp3) is 0.364. The van der Waals surface area contributed by atoms with E-state index in [0.29, 0.717) is 0 Å². The van der Waals surface area contributed by atoms with Gasteiger partial charge in [0, 0.05) is 11.6 Å². The minimum atomic E-state index is -0.718. The Morgan fingerprint density at radius 3 is 2.93 bits per heavy atom. The summed E-state index contributed by atoms with van der Waals surface area (Å²) >= 11 is 0. The van der Waals surface area contributed by atoms with E-state index in [2.05, 4.69) is 5.32 Å². The standard InChI is InChI=1S/C11H11NO2/c13-10(14)11-6-5-8(11)7-3-1-2-4-9(7)12-11/h1-4,8,12H,5-6H2,(H,13,14). The average molecular weight is 189 g/mol. The molecule has 2 N–H and O–H groups in total. The third-order valence-corrected chi connectivity index (χ3v) is 3.50. The van der Waals surface area contributed by atoms with Crippen LogP contribution in [0.25, 0.3) is 0 Å². The first-order valence-electron chi connectivity index (χ1n) is 4.84. The fourth-order valence-electron chi connectivity index (χ4n) is 2.61. The van der Waals surface area contributed by atoms with E-state index in [1.165, 1.54) is 5.56 Å². The van der Waals surface area contributed by atoms with Gasteiger partial charge < -0.3 is 10.4 Å². The Balaban J connectivity index is 2.10. The van der Waals surface area contributed by atoms with Gasteiger partial charge in [0.05, 0.1) is 0 Å². The first-order valence-corrected chi connectivity index (χ1v) is 4.84. The maximum Gasteiger partial charge on any atom is 0.329 e. The molecule has 0 radical (unpaired) electrons.